The molecule has 0 saturated carbocycles. The van der Waals surface area contributed by atoms with Gasteiger partial charge in [0.2, 0.25) is 0 Å². The first-order valence-electron chi connectivity index (χ1n) is 10.2. The Hall–Kier alpha value is -3.68. The Kier molecular flexibility index (Phi) is 6.26. The second-order valence-corrected chi connectivity index (χ2v) is 7.22. The first-order valence-corrected chi connectivity index (χ1v) is 10.2. The third-order valence-electron chi connectivity index (χ3n) is 5.05. The minimum absolute atomic E-state index is 0.359. The summed E-state index contributed by atoms with van der Waals surface area (Å²) in [5.74, 6) is 1.42. The quantitative estimate of drug-likeness (QED) is 0.560. The number of amides is 2. The van der Waals surface area contributed by atoms with Gasteiger partial charge in [-0.1, -0.05) is 12.1 Å². The molecule has 0 unspecified atom stereocenters. The van der Waals surface area contributed by atoms with E-state index in [1.54, 1.807) is 24.3 Å². The molecule has 1 aliphatic heterocycles. The van der Waals surface area contributed by atoms with Crippen LogP contribution in [-0.2, 0) is 12.8 Å². The smallest absolute Gasteiger partial charge is 0.320 e. The van der Waals surface area contributed by atoms with Crippen molar-refractivity contribution in [1.82, 2.24) is 15.3 Å². The van der Waals surface area contributed by atoms with Gasteiger partial charge in [0.1, 0.15) is 23.2 Å². The monoisotopic (exact) mass is 421 g/mol. The molecule has 1 aromatic carbocycles. The Morgan fingerprint density at radius 1 is 1.19 bits per heavy atom. The van der Waals surface area contributed by atoms with Crippen LogP contribution in [0.25, 0.3) is 11.3 Å². The zero-order valence-electron chi connectivity index (χ0n) is 17.2. The van der Waals surface area contributed by atoms with Crippen LogP contribution in [0.1, 0.15) is 17.7 Å². The SMILES string of the molecule is COc1ccc(F)cc1-c1cccc(NC(=O)NCCc2ccc3c(n2)NCCC3)n1. The van der Waals surface area contributed by atoms with E-state index in [1.165, 1.54) is 24.8 Å². The fraction of sp³-hybridized carbons (Fsp3) is 0.261. The molecule has 31 heavy (non-hydrogen) atoms. The van der Waals surface area contributed by atoms with Crippen molar-refractivity contribution < 1.29 is 13.9 Å². The van der Waals surface area contributed by atoms with Gasteiger partial charge in [-0.2, -0.15) is 0 Å². The fourth-order valence-electron chi connectivity index (χ4n) is 3.51. The van der Waals surface area contributed by atoms with E-state index >= 15 is 0 Å². The van der Waals surface area contributed by atoms with Gasteiger partial charge in [0.15, 0.2) is 0 Å². The molecule has 0 radical (unpaired) electrons. The molecule has 3 heterocycles. The van der Waals surface area contributed by atoms with Gasteiger partial charge < -0.3 is 15.4 Å². The lowest BCUT2D eigenvalue weighted by atomic mass is 10.1. The molecule has 2 amide bonds. The lowest BCUT2D eigenvalue weighted by Crippen LogP contribution is -2.31. The highest BCUT2D eigenvalue weighted by atomic mass is 19.1. The van der Waals surface area contributed by atoms with E-state index in [0.29, 0.717) is 35.8 Å². The van der Waals surface area contributed by atoms with Gasteiger partial charge in [-0.3, -0.25) is 5.32 Å². The number of pyridine rings is 2. The van der Waals surface area contributed by atoms with Crippen LogP contribution >= 0.6 is 0 Å². The van der Waals surface area contributed by atoms with Gasteiger partial charge in [-0.05, 0) is 54.8 Å². The highest BCUT2D eigenvalue weighted by Gasteiger charge is 2.12. The lowest BCUT2D eigenvalue weighted by molar-refractivity contribution is 0.252. The third kappa shape index (κ3) is 5.09. The van der Waals surface area contributed by atoms with Crippen molar-refractivity contribution in [2.45, 2.75) is 19.3 Å². The average Bonchev–Trinajstić information content (AvgIpc) is 2.79. The summed E-state index contributed by atoms with van der Waals surface area (Å²) in [6, 6.07) is 13.1. The molecule has 8 heteroatoms. The van der Waals surface area contributed by atoms with Crippen LogP contribution in [0.3, 0.4) is 0 Å². The van der Waals surface area contributed by atoms with E-state index < -0.39 is 0 Å². The highest BCUT2D eigenvalue weighted by Crippen LogP contribution is 2.30. The van der Waals surface area contributed by atoms with Gasteiger partial charge in [-0.15, -0.1) is 0 Å². The minimum Gasteiger partial charge on any atom is -0.496 e. The molecule has 2 aromatic heterocycles. The molecular weight excluding hydrogens is 397 g/mol. The predicted octanol–water partition coefficient (Wildman–Crippen LogP) is 4.01. The van der Waals surface area contributed by atoms with E-state index in [9.17, 15) is 9.18 Å². The first-order chi connectivity index (χ1) is 15.1. The number of carbonyl (C=O) groups excluding carboxylic acids is 1. The standard InChI is InChI=1S/C23H24FN5O2/c1-31-20-10-8-16(24)14-18(20)19-5-2-6-21(28-19)29-23(30)26-13-11-17-9-7-15-4-3-12-25-22(15)27-17/h2,5-10,14H,3-4,11-13H2,1H3,(H,25,27)(H2,26,28,29,30). The number of hydrogen-bond acceptors (Lipinski definition) is 5. The zero-order valence-corrected chi connectivity index (χ0v) is 17.2. The van der Waals surface area contributed by atoms with Crippen molar-refractivity contribution in [2.24, 2.45) is 0 Å². The van der Waals surface area contributed by atoms with E-state index in [2.05, 4.69) is 32.0 Å². The van der Waals surface area contributed by atoms with Crippen LogP contribution < -0.4 is 20.7 Å². The summed E-state index contributed by atoms with van der Waals surface area (Å²) in [4.78, 5) is 21.3. The van der Waals surface area contributed by atoms with Gasteiger partial charge in [0, 0.05) is 30.8 Å². The number of nitrogens with zero attached hydrogens (tertiary/aromatic N) is 2. The minimum atomic E-state index is -0.389. The normalized spacial score (nSPS) is 12.5. The number of aryl methyl sites for hydroxylation is 1. The van der Waals surface area contributed by atoms with Crippen molar-refractivity contribution in [2.75, 3.05) is 30.8 Å². The number of methoxy groups -OCH3 is 1. The molecule has 0 saturated heterocycles. The number of benzene rings is 1. The topological polar surface area (TPSA) is 88.2 Å². The molecule has 7 nitrogen and oxygen atoms in total. The summed E-state index contributed by atoms with van der Waals surface area (Å²) < 4.78 is 19.0. The second-order valence-electron chi connectivity index (χ2n) is 7.22. The number of aromatic nitrogens is 2. The summed E-state index contributed by atoms with van der Waals surface area (Å²) in [7, 11) is 1.51. The Morgan fingerprint density at radius 2 is 2.10 bits per heavy atom. The van der Waals surface area contributed by atoms with Crippen LogP contribution in [0.4, 0.5) is 20.8 Å². The van der Waals surface area contributed by atoms with Crippen LogP contribution in [-0.4, -0.2) is 36.2 Å². The number of hydrogen-bond donors (Lipinski definition) is 3. The highest BCUT2D eigenvalue weighted by molar-refractivity contribution is 5.88. The molecule has 0 aliphatic carbocycles. The molecule has 3 N–H and O–H groups in total. The number of rotatable bonds is 6. The van der Waals surface area contributed by atoms with E-state index in [-0.39, 0.29) is 11.8 Å². The van der Waals surface area contributed by atoms with E-state index in [0.717, 1.165) is 30.9 Å². The lowest BCUT2D eigenvalue weighted by Gasteiger charge is -2.17. The molecule has 160 valence electrons. The van der Waals surface area contributed by atoms with Gasteiger partial charge >= 0.3 is 6.03 Å². The molecule has 0 atom stereocenters. The first kappa shape index (κ1) is 20.6. The van der Waals surface area contributed by atoms with Crippen molar-refractivity contribution >= 4 is 17.7 Å². The Morgan fingerprint density at radius 3 is 2.97 bits per heavy atom. The van der Waals surface area contributed by atoms with E-state index in [1.807, 2.05) is 6.07 Å². The summed E-state index contributed by atoms with van der Waals surface area (Å²) in [5.41, 5.74) is 3.17. The molecule has 4 rings (SSSR count). The number of fused-ring (bicyclic) bond motifs is 1. The van der Waals surface area contributed by atoms with Crippen molar-refractivity contribution in [3.8, 4) is 17.0 Å². The molecule has 1 aliphatic rings. The molecule has 3 aromatic rings. The zero-order chi connectivity index (χ0) is 21.6. The fourth-order valence-corrected chi connectivity index (χ4v) is 3.51. The van der Waals surface area contributed by atoms with Crippen molar-refractivity contribution in [3.63, 3.8) is 0 Å². The molecular formula is C23H24FN5O2. The summed E-state index contributed by atoms with van der Waals surface area (Å²) in [6.45, 7) is 1.38. The predicted molar refractivity (Wildman–Crippen MR) is 118 cm³/mol. The summed E-state index contributed by atoms with van der Waals surface area (Å²) in [6.07, 6.45) is 2.79. The summed E-state index contributed by atoms with van der Waals surface area (Å²) in [5, 5.41) is 8.84. The number of anilines is 2. The summed E-state index contributed by atoms with van der Waals surface area (Å²) >= 11 is 0. The number of carbonyl (C=O) groups is 1. The maximum absolute atomic E-state index is 13.7. The van der Waals surface area contributed by atoms with Crippen LogP contribution in [0, 0.1) is 5.82 Å². The van der Waals surface area contributed by atoms with Crippen LogP contribution in [0.5, 0.6) is 5.75 Å². The van der Waals surface area contributed by atoms with Gasteiger partial charge in [-0.25, -0.2) is 19.2 Å². The third-order valence-corrected chi connectivity index (χ3v) is 5.05. The number of halogens is 1. The number of urea groups is 1. The Labute approximate surface area is 180 Å². The largest absolute Gasteiger partial charge is 0.496 e. The molecule has 0 spiro atoms. The van der Waals surface area contributed by atoms with Gasteiger partial charge in [0.25, 0.3) is 0 Å². The van der Waals surface area contributed by atoms with Crippen LogP contribution in [0.2, 0.25) is 0 Å². The molecule has 0 fully saturated rings. The average molecular weight is 421 g/mol. The van der Waals surface area contributed by atoms with Gasteiger partial charge in [0.05, 0.1) is 12.8 Å². The Bertz CT molecular complexity index is 1090. The van der Waals surface area contributed by atoms with Crippen LogP contribution in [0.15, 0.2) is 48.5 Å². The maximum atomic E-state index is 13.7. The Balaban J connectivity index is 1.35. The maximum Gasteiger partial charge on any atom is 0.320 e. The number of ether oxygens (including phenoxy) is 1. The molecule has 0 bridgehead atoms. The number of nitrogens with one attached hydrogen (secondary N) is 3. The van der Waals surface area contributed by atoms with Crippen molar-refractivity contribution in [3.05, 3.63) is 65.6 Å². The van der Waals surface area contributed by atoms with E-state index in [4.69, 9.17) is 4.74 Å². The van der Waals surface area contributed by atoms with Crippen molar-refractivity contribution in [1.29, 1.82) is 0 Å². The second kappa shape index (κ2) is 9.42.